The summed E-state index contributed by atoms with van der Waals surface area (Å²) >= 11 is 0. The molecule has 2 aromatic carbocycles. The lowest BCUT2D eigenvalue weighted by molar-refractivity contribution is -0.127. The van der Waals surface area contributed by atoms with E-state index < -0.39 is 17.5 Å². The average molecular weight is 445 g/mol. The minimum atomic E-state index is -0.569. The van der Waals surface area contributed by atoms with Gasteiger partial charge in [-0.25, -0.2) is 13.6 Å². The molecule has 2 amide bonds. The van der Waals surface area contributed by atoms with Crippen LogP contribution in [0.25, 0.3) is 0 Å². The molecule has 1 heterocycles. The first-order valence-corrected chi connectivity index (χ1v) is 10.9. The van der Waals surface area contributed by atoms with Gasteiger partial charge in [0.05, 0.1) is 6.04 Å². The monoisotopic (exact) mass is 444 g/mol. The van der Waals surface area contributed by atoms with Crippen molar-refractivity contribution in [3.63, 3.8) is 0 Å². The summed E-state index contributed by atoms with van der Waals surface area (Å²) < 4.78 is 32.9. The molecular weight excluding hydrogens is 414 g/mol. The summed E-state index contributed by atoms with van der Waals surface area (Å²) in [7, 11) is 0. The van der Waals surface area contributed by atoms with E-state index in [1.165, 1.54) is 24.3 Å². The van der Waals surface area contributed by atoms with Crippen LogP contribution in [0.5, 0.6) is 0 Å². The number of ether oxygens (including phenoxy) is 1. The minimum absolute atomic E-state index is 0.153. The molecule has 0 radical (unpaired) electrons. The molecule has 3 rings (SSSR count). The maximum atomic E-state index is 13.8. The van der Waals surface area contributed by atoms with Gasteiger partial charge in [0, 0.05) is 19.0 Å². The molecule has 32 heavy (non-hydrogen) atoms. The lowest BCUT2D eigenvalue weighted by atomic mass is 9.93. The van der Waals surface area contributed by atoms with Gasteiger partial charge in [0.1, 0.15) is 17.2 Å². The van der Waals surface area contributed by atoms with E-state index in [9.17, 15) is 18.4 Å². The van der Waals surface area contributed by atoms with Crippen LogP contribution in [0.4, 0.5) is 13.6 Å². The van der Waals surface area contributed by atoms with Gasteiger partial charge in [0.15, 0.2) is 0 Å². The molecule has 0 saturated carbocycles. The zero-order valence-electron chi connectivity index (χ0n) is 18.7. The highest BCUT2D eigenvalue weighted by atomic mass is 19.1. The third-order valence-corrected chi connectivity index (χ3v) is 5.41. The molecule has 0 aromatic heterocycles. The van der Waals surface area contributed by atoms with Crippen LogP contribution < -0.4 is 5.32 Å². The quantitative estimate of drug-likeness (QED) is 0.705. The van der Waals surface area contributed by atoms with Crippen LogP contribution in [-0.4, -0.2) is 35.6 Å². The lowest BCUT2D eigenvalue weighted by Crippen LogP contribution is -2.45. The third kappa shape index (κ3) is 6.77. The summed E-state index contributed by atoms with van der Waals surface area (Å²) in [4.78, 5) is 26.9. The first-order chi connectivity index (χ1) is 15.1. The zero-order chi connectivity index (χ0) is 23.3. The van der Waals surface area contributed by atoms with Crippen molar-refractivity contribution in [3.8, 4) is 0 Å². The topological polar surface area (TPSA) is 58.6 Å². The van der Waals surface area contributed by atoms with E-state index in [4.69, 9.17) is 4.74 Å². The maximum absolute atomic E-state index is 13.8. The first kappa shape index (κ1) is 23.7. The van der Waals surface area contributed by atoms with Crippen LogP contribution in [0.1, 0.15) is 50.8 Å². The van der Waals surface area contributed by atoms with Crippen molar-refractivity contribution in [2.24, 2.45) is 5.92 Å². The van der Waals surface area contributed by atoms with E-state index >= 15 is 0 Å². The fourth-order valence-corrected chi connectivity index (χ4v) is 3.82. The number of nitrogens with zero attached hydrogens (tertiary/aromatic N) is 1. The molecule has 1 saturated heterocycles. The number of amides is 2. The summed E-state index contributed by atoms with van der Waals surface area (Å²) in [5, 5.41) is 3.02. The van der Waals surface area contributed by atoms with Gasteiger partial charge in [-0.2, -0.15) is 0 Å². The largest absolute Gasteiger partial charge is 0.444 e. The maximum Gasteiger partial charge on any atom is 0.410 e. The van der Waals surface area contributed by atoms with Gasteiger partial charge in [-0.3, -0.25) is 4.79 Å². The molecule has 1 fully saturated rings. The average Bonchev–Trinajstić information content (AvgIpc) is 2.72. The van der Waals surface area contributed by atoms with Crippen molar-refractivity contribution in [2.75, 3.05) is 13.1 Å². The molecule has 0 bridgehead atoms. The smallest absolute Gasteiger partial charge is 0.410 e. The number of benzene rings is 2. The Morgan fingerprint density at radius 1 is 1.06 bits per heavy atom. The standard InChI is InChI=1S/C25H30F2N2O3/c1-25(2,3)32-24(31)29-12-10-18(11-13-29)23(30)28-22(19-7-5-9-21(27)16-19)15-17-6-4-8-20(26)14-17/h4-9,14,16,18,22H,10-13,15H2,1-3H3,(H,28,30). The number of rotatable bonds is 5. The van der Waals surface area contributed by atoms with E-state index in [0.717, 1.165) is 0 Å². The fraction of sp³-hybridized carbons (Fsp3) is 0.440. The molecule has 1 unspecified atom stereocenters. The summed E-state index contributed by atoms with van der Waals surface area (Å²) in [6, 6.07) is 11.7. The van der Waals surface area contributed by atoms with Gasteiger partial charge in [0.25, 0.3) is 0 Å². The molecule has 7 heteroatoms. The van der Waals surface area contributed by atoms with E-state index in [2.05, 4.69) is 5.32 Å². The molecule has 0 spiro atoms. The van der Waals surface area contributed by atoms with Crippen LogP contribution >= 0.6 is 0 Å². The second-order valence-electron chi connectivity index (χ2n) is 9.19. The SMILES string of the molecule is CC(C)(C)OC(=O)N1CCC(C(=O)NC(Cc2cccc(F)c2)c2cccc(F)c2)CC1. The molecule has 5 nitrogen and oxygen atoms in total. The van der Waals surface area contributed by atoms with Crippen molar-refractivity contribution in [3.05, 3.63) is 71.3 Å². The van der Waals surface area contributed by atoms with Crippen LogP contribution in [0.15, 0.2) is 48.5 Å². The number of carbonyl (C=O) groups excluding carboxylic acids is 2. The Morgan fingerprint density at radius 2 is 1.69 bits per heavy atom. The van der Waals surface area contributed by atoms with Crippen LogP contribution in [-0.2, 0) is 16.0 Å². The summed E-state index contributed by atoms with van der Waals surface area (Å²) in [5.41, 5.74) is 0.758. The van der Waals surface area contributed by atoms with Crippen LogP contribution in [0.3, 0.4) is 0 Å². The first-order valence-electron chi connectivity index (χ1n) is 10.9. The van der Waals surface area contributed by atoms with E-state index in [1.54, 1.807) is 29.2 Å². The van der Waals surface area contributed by atoms with Gasteiger partial charge in [-0.1, -0.05) is 24.3 Å². The molecular formula is C25H30F2N2O3. The Labute approximate surface area is 187 Å². The Bertz CT molecular complexity index is 950. The fourth-order valence-electron chi connectivity index (χ4n) is 3.82. The molecule has 0 aliphatic carbocycles. The molecule has 172 valence electrons. The number of carbonyl (C=O) groups is 2. The predicted octanol–water partition coefficient (Wildman–Crippen LogP) is 5.01. The highest BCUT2D eigenvalue weighted by molar-refractivity contribution is 5.79. The van der Waals surface area contributed by atoms with Crippen LogP contribution in [0.2, 0.25) is 0 Å². The number of hydrogen-bond donors (Lipinski definition) is 1. The van der Waals surface area contributed by atoms with Crippen molar-refractivity contribution >= 4 is 12.0 Å². The van der Waals surface area contributed by atoms with Gasteiger partial charge in [0.2, 0.25) is 5.91 Å². The Morgan fingerprint density at radius 3 is 2.28 bits per heavy atom. The number of likely N-dealkylation sites (tertiary alicyclic amines) is 1. The van der Waals surface area contributed by atoms with Crippen molar-refractivity contribution < 1.29 is 23.1 Å². The lowest BCUT2D eigenvalue weighted by Gasteiger charge is -2.33. The highest BCUT2D eigenvalue weighted by Crippen LogP contribution is 2.24. The number of nitrogens with one attached hydrogen (secondary N) is 1. The second kappa shape index (κ2) is 10.1. The normalized spacial score (nSPS) is 15.8. The Balaban J connectivity index is 1.66. The Hall–Kier alpha value is -2.96. The second-order valence-corrected chi connectivity index (χ2v) is 9.19. The zero-order valence-corrected chi connectivity index (χ0v) is 18.7. The van der Waals surface area contributed by atoms with Gasteiger partial charge in [-0.05, 0) is 75.4 Å². The third-order valence-electron chi connectivity index (χ3n) is 5.41. The number of piperidine rings is 1. The molecule has 1 aliphatic rings. The van der Waals surface area contributed by atoms with Crippen molar-refractivity contribution in [1.29, 1.82) is 0 Å². The predicted molar refractivity (Wildman–Crippen MR) is 118 cm³/mol. The van der Waals surface area contributed by atoms with Gasteiger partial charge >= 0.3 is 6.09 Å². The van der Waals surface area contributed by atoms with E-state index in [0.29, 0.717) is 43.5 Å². The van der Waals surface area contributed by atoms with Crippen molar-refractivity contribution in [2.45, 2.75) is 51.7 Å². The van der Waals surface area contributed by atoms with Crippen LogP contribution in [0, 0.1) is 17.6 Å². The summed E-state index contributed by atoms with van der Waals surface area (Å²) in [5.74, 6) is -1.18. The number of halogens is 2. The van der Waals surface area contributed by atoms with E-state index in [-0.39, 0.29) is 23.7 Å². The van der Waals surface area contributed by atoms with Gasteiger partial charge in [-0.15, -0.1) is 0 Å². The molecule has 2 aromatic rings. The summed E-state index contributed by atoms with van der Waals surface area (Å²) in [6.07, 6.45) is 0.992. The van der Waals surface area contributed by atoms with Crippen molar-refractivity contribution in [1.82, 2.24) is 10.2 Å². The molecule has 1 N–H and O–H groups in total. The molecule has 1 atom stereocenters. The highest BCUT2D eigenvalue weighted by Gasteiger charge is 2.31. The minimum Gasteiger partial charge on any atom is -0.444 e. The number of hydrogen-bond acceptors (Lipinski definition) is 3. The Kier molecular flexibility index (Phi) is 7.48. The van der Waals surface area contributed by atoms with Gasteiger partial charge < -0.3 is 15.0 Å². The molecule has 1 aliphatic heterocycles. The van der Waals surface area contributed by atoms with E-state index in [1.807, 2.05) is 20.8 Å². The summed E-state index contributed by atoms with van der Waals surface area (Å²) in [6.45, 7) is 6.31.